The molecular weight excluding hydrogens is 266 g/mol. The van der Waals surface area contributed by atoms with Gasteiger partial charge in [-0.2, -0.15) is 5.10 Å². The predicted octanol–water partition coefficient (Wildman–Crippen LogP) is 1.79. The highest BCUT2D eigenvalue weighted by Gasteiger charge is 2.43. The molecule has 0 aromatic carbocycles. The van der Waals surface area contributed by atoms with E-state index in [9.17, 15) is 4.79 Å². The fourth-order valence-electron chi connectivity index (χ4n) is 3.45. The molecule has 0 aliphatic carbocycles. The van der Waals surface area contributed by atoms with Gasteiger partial charge in [0.1, 0.15) is 0 Å². The Morgan fingerprint density at radius 3 is 2.81 bits per heavy atom. The van der Waals surface area contributed by atoms with Gasteiger partial charge in [-0.25, -0.2) is 5.84 Å². The molecule has 114 valence electrons. The lowest BCUT2D eigenvalue weighted by atomic mass is 9.80. The molecule has 3 heterocycles. The third-order valence-corrected chi connectivity index (χ3v) is 4.46. The summed E-state index contributed by atoms with van der Waals surface area (Å²) in [6, 6.07) is 2.31. The van der Waals surface area contributed by atoms with E-state index < -0.39 is 0 Å². The Hall–Kier alpha value is -1.69. The molecule has 1 amide bonds. The first kappa shape index (κ1) is 14.3. The second-order valence-corrected chi connectivity index (χ2v) is 7.04. The van der Waals surface area contributed by atoms with Crippen molar-refractivity contribution in [2.24, 2.45) is 11.3 Å². The van der Waals surface area contributed by atoms with Crippen LogP contribution in [0.2, 0.25) is 0 Å². The maximum absolute atomic E-state index is 12.8. The van der Waals surface area contributed by atoms with Crippen LogP contribution in [-0.2, 0) is 11.2 Å². The smallest absolute Gasteiger partial charge is 0.228 e. The lowest BCUT2D eigenvalue weighted by Crippen LogP contribution is -2.53. The maximum atomic E-state index is 12.8. The van der Waals surface area contributed by atoms with Gasteiger partial charge in [0, 0.05) is 23.4 Å². The summed E-state index contributed by atoms with van der Waals surface area (Å²) in [5, 5.41) is 8.36. The molecular formula is C15H23N5O. The normalized spacial score (nSPS) is 24.5. The summed E-state index contributed by atoms with van der Waals surface area (Å²) in [5.74, 6) is 6.22. The van der Waals surface area contributed by atoms with Gasteiger partial charge in [0.05, 0.1) is 11.7 Å². The monoisotopic (exact) mass is 289 g/mol. The van der Waals surface area contributed by atoms with E-state index in [1.165, 1.54) is 0 Å². The summed E-state index contributed by atoms with van der Waals surface area (Å²) in [6.45, 7) is 5.95. The van der Waals surface area contributed by atoms with E-state index in [2.05, 4.69) is 20.5 Å². The number of nitrogens with zero attached hydrogens (tertiary/aromatic N) is 3. The van der Waals surface area contributed by atoms with Crippen molar-refractivity contribution in [1.82, 2.24) is 15.1 Å². The van der Waals surface area contributed by atoms with Crippen molar-refractivity contribution in [3.8, 4) is 0 Å². The fourth-order valence-corrected chi connectivity index (χ4v) is 3.45. The lowest BCUT2D eigenvalue weighted by Gasteiger charge is -2.48. The highest BCUT2D eigenvalue weighted by Crippen LogP contribution is 2.43. The number of aromatic nitrogens is 2. The second-order valence-electron chi connectivity index (χ2n) is 7.04. The zero-order valence-corrected chi connectivity index (χ0v) is 12.9. The molecule has 3 N–H and O–H groups in total. The largest absolute Gasteiger partial charge is 0.332 e. The molecule has 0 spiro atoms. The molecule has 2 atom stereocenters. The Morgan fingerprint density at radius 1 is 1.38 bits per heavy atom. The van der Waals surface area contributed by atoms with Crippen molar-refractivity contribution in [1.29, 1.82) is 0 Å². The molecule has 6 nitrogen and oxygen atoms in total. The van der Waals surface area contributed by atoms with Crippen molar-refractivity contribution in [3.63, 3.8) is 0 Å². The minimum atomic E-state index is -0.360. The number of nitrogens with two attached hydrogens (primary N) is 1. The minimum absolute atomic E-state index is 0.113. The first-order chi connectivity index (χ1) is 9.91. The van der Waals surface area contributed by atoms with Gasteiger partial charge < -0.3 is 10.3 Å². The highest BCUT2D eigenvalue weighted by atomic mass is 16.2. The van der Waals surface area contributed by atoms with Gasteiger partial charge in [-0.1, -0.05) is 20.8 Å². The number of hydrazine groups is 1. The standard InChI is InChI=1S/C15H23N5O/c1-15(2,3)14(21)20-9-5-4-6-12(20)10-8-13(17-16)19-18-11(10)7-9/h8-9,12H,4-7,16H2,1-3H3,(H,17,19). The zero-order chi connectivity index (χ0) is 15.2. The van der Waals surface area contributed by atoms with Crippen LogP contribution in [0, 0.1) is 5.41 Å². The molecule has 1 aromatic heterocycles. The number of hydrogen-bond acceptors (Lipinski definition) is 5. The van der Waals surface area contributed by atoms with Crippen LogP contribution < -0.4 is 11.3 Å². The maximum Gasteiger partial charge on any atom is 0.228 e. The Kier molecular flexibility index (Phi) is 3.36. The highest BCUT2D eigenvalue weighted by molar-refractivity contribution is 5.82. The average Bonchev–Trinajstić information content (AvgIpc) is 2.44. The zero-order valence-electron chi connectivity index (χ0n) is 12.9. The van der Waals surface area contributed by atoms with E-state index in [0.29, 0.717) is 5.82 Å². The SMILES string of the molecule is CC(C)(C)C(=O)N1C2CCCC1c1cc(NN)nnc1C2. The molecule has 6 heteroatoms. The summed E-state index contributed by atoms with van der Waals surface area (Å²) in [7, 11) is 0. The number of anilines is 1. The number of carbonyl (C=O) groups is 1. The molecule has 0 saturated carbocycles. The van der Waals surface area contributed by atoms with Gasteiger partial charge in [-0.3, -0.25) is 4.79 Å². The van der Waals surface area contributed by atoms with Crippen molar-refractivity contribution >= 4 is 11.7 Å². The third-order valence-electron chi connectivity index (χ3n) is 4.46. The van der Waals surface area contributed by atoms with Gasteiger partial charge >= 0.3 is 0 Å². The van der Waals surface area contributed by atoms with Gasteiger partial charge in [0.25, 0.3) is 0 Å². The summed E-state index contributed by atoms with van der Waals surface area (Å²) in [6.07, 6.45) is 3.99. The van der Waals surface area contributed by atoms with Crippen molar-refractivity contribution in [3.05, 3.63) is 17.3 Å². The number of nitrogens with one attached hydrogen (secondary N) is 1. The second kappa shape index (κ2) is 4.94. The molecule has 2 aliphatic heterocycles. The number of rotatable bonds is 1. The molecule has 0 radical (unpaired) electrons. The molecule has 1 fully saturated rings. The van der Waals surface area contributed by atoms with Crippen LogP contribution in [0.5, 0.6) is 0 Å². The van der Waals surface area contributed by atoms with E-state index in [-0.39, 0.29) is 23.4 Å². The number of hydrogen-bond donors (Lipinski definition) is 2. The average molecular weight is 289 g/mol. The van der Waals surface area contributed by atoms with Crippen LogP contribution in [0.3, 0.4) is 0 Å². The van der Waals surface area contributed by atoms with Crippen molar-refractivity contribution in [2.45, 2.75) is 58.5 Å². The van der Waals surface area contributed by atoms with Gasteiger partial charge in [0.15, 0.2) is 5.82 Å². The number of piperidine rings is 1. The van der Waals surface area contributed by atoms with Crippen LogP contribution in [-0.4, -0.2) is 27.0 Å². The minimum Gasteiger partial charge on any atom is -0.332 e. The van der Waals surface area contributed by atoms with Crippen LogP contribution in [0.15, 0.2) is 6.07 Å². The quantitative estimate of drug-likeness (QED) is 0.608. The molecule has 2 unspecified atom stereocenters. The number of nitrogen functional groups attached to an aromatic ring is 1. The number of amides is 1. The number of carbonyl (C=O) groups excluding carboxylic acids is 1. The van der Waals surface area contributed by atoms with Crippen LogP contribution in [0.4, 0.5) is 5.82 Å². The van der Waals surface area contributed by atoms with E-state index in [4.69, 9.17) is 5.84 Å². The molecule has 2 bridgehead atoms. The van der Waals surface area contributed by atoms with Crippen LogP contribution in [0.25, 0.3) is 0 Å². The van der Waals surface area contributed by atoms with Crippen molar-refractivity contribution in [2.75, 3.05) is 5.43 Å². The van der Waals surface area contributed by atoms with E-state index in [1.54, 1.807) is 0 Å². The van der Waals surface area contributed by atoms with Gasteiger partial charge in [-0.15, -0.1) is 5.10 Å². The van der Waals surface area contributed by atoms with Crippen molar-refractivity contribution < 1.29 is 4.79 Å². The third kappa shape index (κ3) is 2.37. The van der Waals surface area contributed by atoms with E-state index >= 15 is 0 Å². The molecule has 1 saturated heterocycles. The first-order valence-electron chi connectivity index (χ1n) is 7.57. The molecule has 1 aromatic rings. The molecule has 21 heavy (non-hydrogen) atoms. The fraction of sp³-hybridized carbons (Fsp3) is 0.667. The van der Waals surface area contributed by atoms with E-state index in [0.717, 1.165) is 36.9 Å². The van der Waals surface area contributed by atoms with Gasteiger partial charge in [-0.05, 0) is 25.3 Å². The topological polar surface area (TPSA) is 84.1 Å². The van der Waals surface area contributed by atoms with Crippen LogP contribution >= 0.6 is 0 Å². The molecule has 3 rings (SSSR count). The van der Waals surface area contributed by atoms with E-state index in [1.807, 2.05) is 26.8 Å². The van der Waals surface area contributed by atoms with Crippen LogP contribution in [0.1, 0.15) is 57.3 Å². The Morgan fingerprint density at radius 2 is 2.14 bits per heavy atom. The Labute approximate surface area is 125 Å². The Balaban J connectivity index is 2.03. The predicted molar refractivity (Wildman–Crippen MR) is 80.2 cm³/mol. The lowest BCUT2D eigenvalue weighted by molar-refractivity contribution is -0.148. The first-order valence-corrected chi connectivity index (χ1v) is 7.57. The summed E-state index contributed by atoms with van der Waals surface area (Å²) >= 11 is 0. The number of fused-ring (bicyclic) bond motifs is 4. The summed E-state index contributed by atoms with van der Waals surface area (Å²) in [5.41, 5.74) is 4.31. The molecule has 2 aliphatic rings. The summed E-state index contributed by atoms with van der Waals surface area (Å²) < 4.78 is 0. The van der Waals surface area contributed by atoms with Gasteiger partial charge in [0.2, 0.25) is 5.91 Å². The summed E-state index contributed by atoms with van der Waals surface area (Å²) in [4.78, 5) is 14.9. The Bertz CT molecular complexity index is 566.